The highest BCUT2D eigenvalue weighted by Gasteiger charge is 2.32. The van der Waals surface area contributed by atoms with Crippen LogP contribution in [0, 0.1) is 11.3 Å². The molecule has 1 aliphatic carbocycles. The first-order valence-electron chi connectivity index (χ1n) is 5.46. The molecule has 0 aromatic carbocycles. The molecule has 0 aromatic heterocycles. The number of allylic oxidation sites excluding steroid dienone is 3. The fraction of sp³-hybridized carbons (Fsp3) is 0.692. The predicted octanol–water partition coefficient (Wildman–Crippen LogP) is 3.31. The molecule has 14 heavy (non-hydrogen) atoms. The van der Waals surface area contributed by atoms with Gasteiger partial charge in [0.25, 0.3) is 0 Å². The minimum absolute atomic E-state index is 0.218. The summed E-state index contributed by atoms with van der Waals surface area (Å²) < 4.78 is 0. The van der Waals surface area contributed by atoms with Gasteiger partial charge in [0, 0.05) is 0 Å². The third-order valence-electron chi connectivity index (χ3n) is 3.47. The molecular weight excluding hydrogens is 172 g/mol. The lowest BCUT2D eigenvalue weighted by molar-refractivity contribution is 0.198. The highest BCUT2D eigenvalue weighted by atomic mass is 16.3. The lowest BCUT2D eigenvalue weighted by Gasteiger charge is -2.27. The maximum atomic E-state index is 9.14. The van der Waals surface area contributed by atoms with Gasteiger partial charge in [-0.3, -0.25) is 0 Å². The largest absolute Gasteiger partial charge is 0.393 e. The zero-order valence-corrected chi connectivity index (χ0v) is 9.75. The second kappa shape index (κ2) is 4.31. The van der Waals surface area contributed by atoms with Crippen molar-refractivity contribution in [2.24, 2.45) is 11.3 Å². The van der Waals surface area contributed by atoms with Gasteiger partial charge in [-0.05, 0) is 38.0 Å². The Kier molecular flexibility index (Phi) is 3.54. The number of aliphatic hydroxyl groups is 1. The zero-order valence-electron chi connectivity index (χ0n) is 9.75. The van der Waals surface area contributed by atoms with Crippen LogP contribution in [0.5, 0.6) is 0 Å². The van der Waals surface area contributed by atoms with Crippen LogP contribution in [0.1, 0.15) is 40.5 Å². The molecule has 2 atom stereocenters. The van der Waals surface area contributed by atoms with Gasteiger partial charge in [0.05, 0.1) is 6.10 Å². The summed E-state index contributed by atoms with van der Waals surface area (Å²) in [6, 6.07) is 0. The van der Waals surface area contributed by atoms with E-state index in [9.17, 15) is 0 Å². The van der Waals surface area contributed by atoms with Crippen LogP contribution < -0.4 is 0 Å². The highest BCUT2D eigenvalue weighted by molar-refractivity contribution is 5.21. The molecule has 1 rings (SSSR count). The highest BCUT2D eigenvalue weighted by Crippen LogP contribution is 2.43. The topological polar surface area (TPSA) is 20.2 Å². The third-order valence-corrected chi connectivity index (χ3v) is 3.47. The standard InChI is InChI=1S/C13H22O/c1-10-8-9-12(13(10,3)4)7-5-6-11(2)14/h5,7-8,11-12,14H,6,9H2,1-4H3/t11?,12-/m0/s1. The first kappa shape index (κ1) is 11.5. The van der Waals surface area contributed by atoms with Gasteiger partial charge in [-0.2, -0.15) is 0 Å². The van der Waals surface area contributed by atoms with Crippen molar-refractivity contribution in [2.45, 2.75) is 46.6 Å². The molecule has 80 valence electrons. The van der Waals surface area contributed by atoms with Crippen molar-refractivity contribution in [3.05, 3.63) is 23.8 Å². The summed E-state index contributed by atoms with van der Waals surface area (Å²) in [4.78, 5) is 0. The Hall–Kier alpha value is -0.560. The molecule has 0 heterocycles. The van der Waals surface area contributed by atoms with E-state index in [1.54, 1.807) is 0 Å². The van der Waals surface area contributed by atoms with Gasteiger partial charge in [0.15, 0.2) is 0 Å². The lowest BCUT2D eigenvalue weighted by Crippen LogP contribution is -2.18. The molecular formula is C13H22O. The van der Waals surface area contributed by atoms with Crippen LogP contribution in [0.25, 0.3) is 0 Å². The Morgan fingerprint density at radius 3 is 2.71 bits per heavy atom. The van der Waals surface area contributed by atoms with E-state index in [0.717, 1.165) is 12.8 Å². The summed E-state index contributed by atoms with van der Waals surface area (Å²) in [5.74, 6) is 0.612. The van der Waals surface area contributed by atoms with Gasteiger partial charge in [-0.1, -0.05) is 37.6 Å². The van der Waals surface area contributed by atoms with Gasteiger partial charge < -0.3 is 5.11 Å². The van der Waals surface area contributed by atoms with E-state index in [0.29, 0.717) is 11.3 Å². The quantitative estimate of drug-likeness (QED) is 0.683. The van der Waals surface area contributed by atoms with E-state index < -0.39 is 0 Å². The van der Waals surface area contributed by atoms with Crippen molar-refractivity contribution >= 4 is 0 Å². The van der Waals surface area contributed by atoms with E-state index in [2.05, 4.69) is 39.0 Å². The molecule has 0 aliphatic heterocycles. The molecule has 1 aliphatic rings. The fourth-order valence-corrected chi connectivity index (χ4v) is 1.91. The SMILES string of the molecule is CC1=CC[C@H](C=CCC(C)O)C1(C)C. The van der Waals surface area contributed by atoms with Gasteiger partial charge in [-0.25, -0.2) is 0 Å². The number of hydrogen-bond donors (Lipinski definition) is 1. The van der Waals surface area contributed by atoms with Crippen LogP contribution >= 0.6 is 0 Å². The van der Waals surface area contributed by atoms with E-state index >= 15 is 0 Å². The van der Waals surface area contributed by atoms with Crippen LogP contribution in [0.4, 0.5) is 0 Å². The molecule has 1 unspecified atom stereocenters. The molecule has 0 bridgehead atoms. The first-order valence-corrected chi connectivity index (χ1v) is 5.46. The summed E-state index contributed by atoms with van der Waals surface area (Å²) in [7, 11) is 0. The Labute approximate surface area is 87.5 Å². The summed E-state index contributed by atoms with van der Waals surface area (Å²) in [6.07, 6.45) is 8.41. The summed E-state index contributed by atoms with van der Waals surface area (Å²) >= 11 is 0. The van der Waals surface area contributed by atoms with Gasteiger partial charge >= 0.3 is 0 Å². The lowest BCUT2D eigenvalue weighted by atomic mass is 9.77. The average Bonchev–Trinajstić information content (AvgIpc) is 2.30. The van der Waals surface area contributed by atoms with Crippen molar-refractivity contribution in [2.75, 3.05) is 0 Å². The molecule has 0 fully saturated rings. The van der Waals surface area contributed by atoms with E-state index in [-0.39, 0.29) is 6.10 Å². The van der Waals surface area contributed by atoms with Crippen LogP contribution in [0.2, 0.25) is 0 Å². The predicted molar refractivity (Wildman–Crippen MR) is 61.1 cm³/mol. The van der Waals surface area contributed by atoms with Gasteiger partial charge in [0.2, 0.25) is 0 Å². The van der Waals surface area contributed by atoms with Crippen LogP contribution in [0.3, 0.4) is 0 Å². The zero-order chi connectivity index (χ0) is 10.8. The van der Waals surface area contributed by atoms with Crippen molar-refractivity contribution in [3.63, 3.8) is 0 Å². The molecule has 1 heteroatoms. The molecule has 0 aromatic rings. The maximum Gasteiger partial charge on any atom is 0.0546 e. The number of hydrogen-bond acceptors (Lipinski definition) is 1. The molecule has 0 saturated heterocycles. The minimum atomic E-state index is -0.218. The normalized spacial score (nSPS) is 28.1. The first-order chi connectivity index (χ1) is 6.44. The summed E-state index contributed by atoms with van der Waals surface area (Å²) in [6.45, 7) is 8.63. The van der Waals surface area contributed by atoms with E-state index in [1.165, 1.54) is 5.57 Å². The van der Waals surface area contributed by atoms with Crippen molar-refractivity contribution in [3.8, 4) is 0 Å². The Balaban J connectivity index is 2.53. The molecule has 0 spiro atoms. The summed E-state index contributed by atoms with van der Waals surface area (Å²) in [5, 5.41) is 9.14. The Morgan fingerprint density at radius 1 is 1.64 bits per heavy atom. The molecule has 0 radical (unpaired) electrons. The van der Waals surface area contributed by atoms with Crippen LogP contribution in [-0.2, 0) is 0 Å². The molecule has 1 N–H and O–H groups in total. The molecule has 1 nitrogen and oxygen atoms in total. The Morgan fingerprint density at radius 2 is 2.29 bits per heavy atom. The van der Waals surface area contributed by atoms with Gasteiger partial charge in [-0.15, -0.1) is 0 Å². The fourth-order valence-electron chi connectivity index (χ4n) is 1.91. The van der Waals surface area contributed by atoms with Crippen molar-refractivity contribution < 1.29 is 5.11 Å². The third kappa shape index (κ3) is 2.48. The van der Waals surface area contributed by atoms with E-state index in [4.69, 9.17) is 5.11 Å². The molecule has 0 saturated carbocycles. The number of rotatable bonds is 3. The van der Waals surface area contributed by atoms with Crippen molar-refractivity contribution in [1.29, 1.82) is 0 Å². The van der Waals surface area contributed by atoms with Gasteiger partial charge in [0.1, 0.15) is 0 Å². The molecule has 0 amide bonds. The second-order valence-corrected chi connectivity index (χ2v) is 4.96. The number of aliphatic hydroxyl groups excluding tert-OH is 1. The smallest absolute Gasteiger partial charge is 0.0546 e. The second-order valence-electron chi connectivity index (χ2n) is 4.96. The minimum Gasteiger partial charge on any atom is -0.393 e. The average molecular weight is 194 g/mol. The summed E-state index contributed by atoms with van der Waals surface area (Å²) in [5.41, 5.74) is 1.79. The van der Waals surface area contributed by atoms with E-state index in [1.807, 2.05) is 6.92 Å². The maximum absolute atomic E-state index is 9.14. The van der Waals surface area contributed by atoms with Crippen LogP contribution in [-0.4, -0.2) is 11.2 Å². The Bertz CT molecular complexity index is 246. The monoisotopic (exact) mass is 194 g/mol. The van der Waals surface area contributed by atoms with Crippen molar-refractivity contribution in [1.82, 2.24) is 0 Å². The van der Waals surface area contributed by atoms with Crippen LogP contribution in [0.15, 0.2) is 23.8 Å².